The second-order valence-corrected chi connectivity index (χ2v) is 10.7. The zero-order chi connectivity index (χ0) is 25.0. The van der Waals surface area contributed by atoms with Crippen LogP contribution in [0.1, 0.15) is 41.7 Å². The Kier molecular flexibility index (Phi) is 5.23. The van der Waals surface area contributed by atoms with Crippen LogP contribution >= 0.6 is 0 Å². The van der Waals surface area contributed by atoms with Crippen molar-refractivity contribution in [3.63, 3.8) is 0 Å². The third kappa shape index (κ3) is 3.36. The number of hydrogen-bond donors (Lipinski definition) is 0. The number of fused-ring (bicyclic) bond motifs is 3. The van der Waals surface area contributed by atoms with Gasteiger partial charge in [0.2, 0.25) is 0 Å². The molecular weight excluding hydrogens is 432 g/mol. The lowest BCUT2D eigenvalue weighted by molar-refractivity contribution is 0.660. The summed E-state index contributed by atoms with van der Waals surface area (Å²) in [6.07, 6.45) is 0. The molecule has 0 heteroatoms. The summed E-state index contributed by atoms with van der Waals surface area (Å²) in [4.78, 5) is 0. The van der Waals surface area contributed by atoms with Crippen molar-refractivity contribution < 1.29 is 0 Å². The first kappa shape index (κ1) is 22.6. The summed E-state index contributed by atoms with van der Waals surface area (Å²) >= 11 is 0. The molecule has 0 amide bonds. The van der Waals surface area contributed by atoms with Crippen LogP contribution in [0.5, 0.6) is 0 Å². The molecule has 36 heavy (non-hydrogen) atoms. The van der Waals surface area contributed by atoms with Gasteiger partial charge in [-0.2, -0.15) is 0 Å². The summed E-state index contributed by atoms with van der Waals surface area (Å²) < 4.78 is 0. The van der Waals surface area contributed by atoms with E-state index in [0.717, 1.165) is 0 Å². The van der Waals surface area contributed by atoms with Gasteiger partial charge in [0.1, 0.15) is 0 Å². The smallest absolute Gasteiger partial charge is 0.0159 e. The highest BCUT2D eigenvalue weighted by atomic mass is 14.4. The monoisotopic (exact) mass is 464 g/mol. The van der Waals surface area contributed by atoms with Gasteiger partial charge in [-0.15, -0.1) is 0 Å². The van der Waals surface area contributed by atoms with Crippen molar-refractivity contribution in [3.05, 3.63) is 131 Å². The quantitative estimate of drug-likeness (QED) is 0.249. The molecule has 5 aromatic carbocycles. The van der Waals surface area contributed by atoms with Crippen LogP contribution < -0.4 is 0 Å². The normalized spacial score (nSPS) is 13.4. The molecule has 0 unspecified atom stereocenters. The Morgan fingerprint density at radius 2 is 1.11 bits per heavy atom. The summed E-state index contributed by atoms with van der Waals surface area (Å²) in [6, 6.07) is 38.0. The van der Waals surface area contributed by atoms with Crippen LogP contribution in [-0.4, -0.2) is 0 Å². The minimum absolute atomic E-state index is 0.0712. The van der Waals surface area contributed by atoms with Crippen molar-refractivity contribution in [1.29, 1.82) is 0 Å². The van der Waals surface area contributed by atoms with E-state index in [4.69, 9.17) is 0 Å². The Labute approximate surface area is 215 Å². The highest BCUT2D eigenvalue weighted by Crippen LogP contribution is 2.55. The number of rotatable bonds is 3. The number of aryl methyl sites for hydroxylation is 2. The maximum absolute atomic E-state index is 2.49. The molecule has 0 bridgehead atoms. The van der Waals surface area contributed by atoms with E-state index in [-0.39, 0.29) is 5.41 Å². The van der Waals surface area contributed by atoms with Crippen LogP contribution in [0, 0.1) is 20.8 Å². The Morgan fingerprint density at radius 1 is 0.472 bits per heavy atom. The van der Waals surface area contributed by atoms with Gasteiger partial charge in [0.05, 0.1) is 0 Å². The van der Waals surface area contributed by atoms with Crippen molar-refractivity contribution in [3.8, 4) is 44.5 Å². The van der Waals surface area contributed by atoms with E-state index in [1.807, 2.05) is 0 Å². The predicted octanol–water partition coefficient (Wildman–Crippen LogP) is 9.92. The third-order valence-corrected chi connectivity index (χ3v) is 8.09. The van der Waals surface area contributed by atoms with E-state index >= 15 is 0 Å². The largest absolute Gasteiger partial charge is 0.0622 e. The molecule has 0 radical (unpaired) electrons. The summed E-state index contributed by atoms with van der Waals surface area (Å²) in [5, 5.41) is 0. The van der Waals surface area contributed by atoms with Crippen LogP contribution in [0.15, 0.2) is 103 Å². The van der Waals surface area contributed by atoms with E-state index < -0.39 is 0 Å². The molecule has 0 aromatic heterocycles. The minimum Gasteiger partial charge on any atom is -0.0622 e. The standard InChI is InChI=1S/C36H32/c1-23-19-20-30-32(21-23)36(4,5)33-22-31(25(3)34(35(30)33)27-16-10-9-13-24(27)2)29-18-12-11-17-28(29)26-14-7-6-8-15-26/h6-22H,1-5H3. The fourth-order valence-corrected chi connectivity index (χ4v) is 6.15. The van der Waals surface area contributed by atoms with Gasteiger partial charge in [0.15, 0.2) is 0 Å². The predicted molar refractivity (Wildman–Crippen MR) is 155 cm³/mol. The first-order valence-corrected chi connectivity index (χ1v) is 12.9. The van der Waals surface area contributed by atoms with Crippen molar-refractivity contribution in [2.45, 2.75) is 40.0 Å². The maximum Gasteiger partial charge on any atom is 0.0159 e. The second-order valence-electron chi connectivity index (χ2n) is 10.7. The molecule has 5 aromatic rings. The fourth-order valence-electron chi connectivity index (χ4n) is 6.15. The molecule has 0 saturated carbocycles. The molecule has 0 fully saturated rings. The average Bonchev–Trinajstić information content (AvgIpc) is 3.10. The van der Waals surface area contributed by atoms with Crippen molar-refractivity contribution in [1.82, 2.24) is 0 Å². The SMILES string of the molecule is Cc1ccc2c(c1)C(C)(C)c1cc(-c3ccccc3-c3ccccc3)c(C)c(-c3ccccc3C)c1-2. The maximum atomic E-state index is 2.49. The summed E-state index contributed by atoms with van der Waals surface area (Å²) in [6.45, 7) is 11.5. The molecule has 176 valence electrons. The molecule has 0 nitrogen and oxygen atoms in total. The van der Waals surface area contributed by atoms with Gasteiger partial charge < -0.3 is 0 Å². The Morgan fingerprint density at radius 3 is 1.83 bits per heavy atom. The van der Waals surface area contributed by atoms with Gasteiger partial charge in [-0.05, 0) is 93.6 Å². The number of benzene rings is 5. The zero-order valence-corrected chi connectivity index (χ0v) is 21.8. The lowest BCUT2D eigenvalue weighted by Gasteiger charge is -2.25. The Hall–Kier alpha value is -3.90. The summed E-state index contributed by atoms with van der Waals surface area (Å²) in [7, 11) is 0. The number of hydrogen-bond acceptors (Lipinski definition) is 0. The summed E-state index contributed by atoms with van der Waals surface area (Å²) in [5.41, 5.74) is 17.4. The highest BCUT2D eigenvalue weighted by molar-refractivity contribution is 5.99. The topological polar surface area (TPSA) is 0 Å². The highest BCUT2D eigenvalue weighted by Gasteiger charge is 2.38. The van der Waals surface area contributed by atoms with E-state index in [0.29, 0.717) is 0 Å². The summed E-state index contributed by atoms with van der Waals surface area (Å²) in [5.74, 6) is 0. The first-order valence-electron chi connectivity index (χ1n) is 12.9. The lowest BCUT2D eigenvalue weighted by Crippen LogP contribution is -2.15. The van der Waals surface area contributed by atoms with Crippen LogP contribution in [-0.2, 0) is 5.41 Å². The Balaban J connectivity index is 1.74. The van der Waals surface area contributed by atoms with Gasteiger partial charge in [0, 0.05) is 5.41 Å². The van der Waals surface area contributed by atoms with Crippen LogP contribution in [0.25, 0.3) is 44.5 Å². The molecular formula is C36H32. The van der Waals surface area contributed by atoms with Gasteiger partial charge in [-0.3, -0.25) is 0 Å². The van der Waals surface area contributed by atoms with Gasteiger partial charge in [-0.25, -0.2) is 0 Å². The fraction of sp³-hybridized carbons (Fsp3) is 0.167. The molecule has 6 rings (SSSR count). The van der Waals surface area contributed by atoms with Crippen molar-refractivity contribution in [2.24, 2.45) is 0 Å². The van der Waals surface area contributed by atoms with Crippen molar-refractivity contribution in [2.75, 3.05) is 0 Å². The van der Waals surface area contributed by atoms with Crippen LogP contribution in [0.3, 0.4) is 0 Å². The molecule has 0 saturated heterocycles. The first-order chi connectivity index (χ1) is 17.4. The molecule has 0 N–H and O–H groups in total. The van der Waals surface area contributed by atoms with Gasteiger partial charge in [0.25, 0.3) is 0 Å². The second kappa shape index (κ2) is 8.35. The molecule has 0 aliphatic heterocycles. The van der Waals surface area contributed by atoms with E-state index in [1.165, 1.54) is 72.3 Å². The van der Waals surface area contributed by atoms with Crippen molar-refractivity contribution >= 4 is 0 Å². The molecule has 0 atom stereocenters. The average molecular weight is 465 g/mol. The molecule has 0 heterocycles. The molecule has 1 aliphatic carbocycles. The van der Waals surface area contributed by atoms with E-state index in [9.17, 15) is 0 Å². The van der Waals surface area contributed by atoms with Gasteiger partial charge >= 0.3 is 0 Å². The third-order valence-electron chi connectivity index (χ3n) is 8.09. The van der Waals surface area contributed by atoms with E-state index in [1.54, 1.807) is 0 Å². The van der Waals surface area contributed by atoms with Crippen LogP contribution in [0.2, 0.25) is 0 Å². The molecule has 1 aliphatic rings. The van der Waals surface area contributed by atoms with E-state index in [2.05, 4.69) is 138 Å². The Bertz CT molecular complexity index is 1620. The minimum atomic E-state index is -0.0712. The van der Waals surface area contributed by atoms with Gasteiger partial charge in [-0.1, -0.05) is 116 Å². The zero-order valence-electron chi connectivity index (χ0n) is 21.8. The van der Waals surface area contributed by atoms with Crippen LogP contribution in [0.4, 0.5) is 0 Å². The molecule has 0 spiro atoms. The lowest BCUT2D eigenvalue weighted by atomic mass is 9.78.